The summed E-state index contributed by atoms with van der Waals surface area (Å²) in [6, 6.07) is 7.20. The second-order valence-electron chi connectivity index (χ2n) is 3.94. The zero-order valence-electron chi connectivity index (χ0n) is 10.5. The molecule has 0 fully saturated rings. The van der Waals surface area contributed by atoms with Gasteiger partial charge in [0.1, 0.15) is 11.0 Å². The molecular formula is C13H10ClN3OS2. The molecule has 0 bridgehead atoms. The molecule has 0 amide bonds. The zero-order chi connectivity index (χ0) is 14.1. The van der Waals surface area contributed by atoms with Crippen LogP contribution in [0.3, 0.4) is 0 Å². The van der Waals surface area contributed by atoms with Crippen molar-refractivity contribution >= 4 is 45.0 Å². The van der Waals surface area contributed by atoms with Crippen molar-refractivity contribution in [1.29, 1.82) is 0 Å². The Labute approximate surface area is 128 Å². The van der Waals surface area contributed by atoms with E-state index in [2.05, 4.69) is 9.97 Å². The van der Waals surface area contributed by atoms with Gasteiger partial charge in [-0.15, -0.1) is 11.3 Å². The fourth-order valence-corrected chi connectivity index (χ4v) is 3.94. The summed E-state index contributed by atoms with van der Waals surface area (Å²) in [5, 5.41) is 0.517. The number of aromatic nitrogens is 3. The fraction of sp³-hybridized carbons (Fsp3) is 0.154. The Morgan fingerprint density at radius 1 is 1.40 bits per heavy atom. The van der Waals surface area contributed by atoms with Gasteiger partial charge in [0.25, 0.3) is 5.56 Å². The van der Waals surface area contributed by atoms with Crippen LogP contribution in [0.5, 0.6) is 0 Å². The number of benzene rings is 1. The standard InChI is InChI=1S/C13H10ClN3OS2/c1-2-19-13-16-11-10(20-13)12(18)17(7-15-11)9-6-4-3-5-8(9)14/h3-7H,2H2,1H3. The van der Waals surface area contributed by atoms with Crippen LogP contribution in [0.15, 0.2) is 39.7 Å². The van der Waals surface area contributed by atoms with E-state index >= 15 is 0 Å². The number of nitrogens with zero attached hydrogens (tertiary/aromatic N) is 3. The van der Waals surface area contributed by atoms with E-state index in [9.17, 15) is 4.79 Å². The predicted octanol–water partition coefficient (Wildman–Crippen LogP) is 3.61. The van der Waals surface area contributed by atoms with E-state index in [-0.39, 0.29) is 5.56 Å². The fourth-order valence-electron chi connectivity index (χ4n) is 1.80. The highest BCUT2D eigenvalue weighted by Gasteiger charge is 2.12. The Hall–Kier alpha value is -1.37. The first-order valence-corrected chi connectivity index (χ1v) is 8.14. The van der Waals surface area contributed by atoms with Crippen molar-refractivity contribution in [2.75, 3.05) is 5.75 Å². The highest BCUT2D eigenvalue weighted by atomic mass is 35.5. The van der Waals surface area contributed by atoms with Gasteiger partial charge < -0.3 is 0 Å². The highest BCUT2D eigenvalue weighted by molar-refractivity contribution is 8.01. The van der Waals surface area contributed by atoms with E-state index in [1.165, 1.54) is 22.2 Å². The number of thiazole rings is 1. The van der Waals surface area contributed by atoms with Crippen molar-refractivity contribution in [1.82, 2.24) is 14.5 Å². The van der Waals surface area contributed by atoms with E-state index in [0.29, 0.717) is 21.1 Å². The molecule has 0 N–H and O–H groups in total. The van der Waals surface area contributed by atoms with Gasteiger partial charge in [0, 0.05) is 0 Å². The zero-order valence-corrected chi connectivity index (χ0v) is 12.9. The third kappa shape index (κ3) is 2.34. The molecule has 0 aliphatic heterocycles. The monoisotopic (exact) mass is 323 g/mol. The molecule has 0 unspecified atom stereocenters. The number of thioether (sulfide) groups is 1. The van der Waals surface area contributed by atoms with Crippen molar-refractivity contribution in [2.24, 2.45) is 0 Å². The maximum Gasteiger partial charge on any atom is 0.277 e. The van der Waals surface area contributed by atoms with Crippen LogP contribution in [-0.2, 0) is 0 Å². The van der Waals surface area contributed by atoms with Crippen molar-refractivity contribution in [2.45, 2.75) is 11.3 Å². The van der Waals surface area contributed by atoms with E-state index < -0.39 is 0 Å². The maximum absolute atomic E-state index is 12.5. The lowest BCUT2D eigenvalue weighted by atomic mass is 10.3. The average Bonchev–Trinajstić information content (AvgIpc) is 2.85. The largest absolute Gasteiger partial charge is 0.277 e. The van der Waals surface area contributed by atoms with Crippen LogP contribution in [0.25, 0.3) is 16.0 Å². The number of fused-ring (bicyclic) bond motifs is 1. The summed E-state index contributed by atoms with van der Waals surface area (Å²) in [7, 11) is 0. The van der Waals surface area contributed by atoms with Crippen LogP contribution in [-0.4, -0.2) is 20.3 Å². The van der Waals surface area contributed by atoms with Gasteiger partial charge in [-0.05, 0) is 17.9 Å². The molecule has 3 aromatic rings. The molecular weight excluding hydrogens is 314 g/mol. The third-order valence-corrected chi connectivity index (χ3v) is 5.06. The van der Waals surface area contributed by atoms with Crippen LogP contribution >= 0.6 is 34.7 Å². The van der Waals surface area contributed by atoms with Crippen molar-refractivity contribution in [3.8, 4) is 5.69 Å². The first kappa shape index (κ1) is 13.6. The van der Waals surface area contributed by atoms with E-state index in [0.717, 1.165) is 10.1 Å². The van der Waals surface area contributed by atoms with Gasteiger partial charge in [0.05, 0.1) is 10.7 Å². The molecule has 1 aromatic carbocycles. The molecule has 0 saturated heterocycles. The maximum atomic E-state index is 12.5. The molecule has 3 rings (SSSR count). The SMILES string of the molecule is CCSc1nc2ncn(-c3ccccc3Cl)c(=O)c2s1. The Morgan fingerprint density at radius 3 is 2.95 bits per heavy atom. The van der Waals surface area contributed by atoms with E-state index in [1.54, 1.807) is 23.9 Å². The Bertz CT molecular complexity index is 828. The van der Waals surface area contributed by atoms with E-state index in [1.807, 2.05) is 19.1 Å². The van der Waals surface area contributed by atoms with Crippen molar-refractivity contribution in [3.05, 3.63) is 46.0 Å². The molecule has 2 heterocycles. The number of hydrogen-bond donors (Lipinski definition) is 0. The van der Waals surface area contributed by atoms with Gasteiger partial charge >= 0.3 is 0 Å². The molecule has 0 aliphatic rings. The van der Waals surface area contributed by atoms with Gasteiger partial charge in [-0.1, -0.05) is 42.4 Å². The second kappa shape index (κ2) is 5.55. The van der Waals surface area contributed by atoms with Crippen LogP contribution in [0.4, 0.5) is 0 Å². The smallest absolute Gasteiger partial charge is 0.267 e. The summed E-state index contributed by atoms with van der Waals surface area (Å²) in [5.74, 6) is 0.915. The molecule has 0 spiro atoms. The van der Waals surface area contributed by atoms with Gasteiger partial charge in [-0.2, -0.15) is 0 Å². The minimum absolute atomic E-state index is 0.136. The molecule has 102 valence electrons. The lowest BCUT2D eigenvalue weighted by Gasteiger charge is -2.06. The third-order valence-electron chi connectivity index (χ3n) is 2.68. The lowest BCUT2D eigenvalue weighted by Crippen LogP contribution is -2.18. The topological polar surface area (TPSA) is 47.8 Å². The van der Waals surface area contributed by atoms with Crippen molar-refractivity contribution in [3.63, 3.8) is 0 Å². The van der Waals surface area contributed by atoms with Gasteiger partial charge in [0.15, 0.2) is 9.99 Å². The molecule has 4 nitrogen and oxygen atoms in total. The highest BCUT2D eigenvalue weighted by Crippen LogP contribution is 2.27. The van der Waals surface area contributed by atoms with E-state index in [4.69, 9.17) is 11.6 Å². The quantitative estimate of drug-likeness (QED) is 0.691. The summed E-state index contributed by atoms with van der Waals surface area (Å²) in [6.07, 6.45) is 1.48. The normalized spacial score (nSPS) is 11.1. The first-order valence-electron chi connectivity index (χ1n) is 5.96. The molecule has 0 atom stereocenters. The molecule has 0 aliphatic carbocycles. The molecule has 2 aromatic heterocycles. The van der Waals surface area contributed by atoms with Gasteiger partial charge in [0.2, 0.25) is 0 Å². The number of rotatable bonds is 3. The van der Waals surface area contributed by atoms with Gasteiger partial charge in [-0.3, -0.25) is 9.36 Å². The number of para-hydroxylation sites is 1. The summed E-state index contributed by atoms with van der Waals surface area (Å²) >= 11 is 9.12. The molecule has 0 radical (unpaired) electrons. The molecule has 20 heavy (non-hydrogen) atoms. The lowest BCUT2D eigenvalue weighted by molar-refractivity contribution is 0.960. The Kier molecular flexibility index (Phi) is 3.78. The summed E-state index contributed by atoms with van der Waals surface area (Å²) in [6.45, 7) is 2.05. The van der Waals surface area contributed by atoms with Crippen LogP contribution < -0.4 is 5.56 Å². The van der Waals surface area contributed by atoms with Crippen LogP contribution in [0.1, 0.15) is 6.92 Å². The molecule has 0 saturated carbocycles. The predicted molar refractivity (Wildman–Crippen MR) is 84.4 cm³/mol. The summed E-state index contributed by atoms with van der Waals surface area (Å²) < 4.78 is 2.89. The Morgan fingerprint density at radius 2 is 2.20 bits per heavy atom. The minimum atomic E-state index is -0.136. The minimum Gasteiger partial charge on any atom is -0.267 e. The first-order chi connectivity index (χ1) is 9.70. The van der Waals surface area contributed by atoms with Gasteiger partial charge in [-0.25, -0.2) is 9.97 Å². The summed E-state index contributed by atoms with van der Waals surface area (Å²) in [4.78, 5) is 21.1. The van der Waals surface area contributed by atoms with Crippen LogP contribution in [0.2, 0.25) is 5.02 Å². The van der Waals surface area contributed by atoms with Crippen LogP contribution in [0, 0.1) is 0 Å². The average molecular weight is 324 g/mol. The molecule has 7 heteroatoms. The number of hydrogen-bond acceptors (Lipinski definition) is 5. The van der Waals surface area contributed by atoms with Crippen molar-refractivity contribution < 1.29 is 0 Å². The summed E-state index contributed by atoms with van der Waals surface area (Å²) in [5.41, 5.74) is 0.995. The number of halogens is 1. The Balaban J connectivity index is 2.21. The second-order valence-corrected chi connectivity index (χ2v) is 6.85.